The van der Waals surface area contributed by atoms with Crippen molar-refractivity contribution in [1.82, 2.24) is 4.90 Å². The molecule has 2 N–H and O–H groups in total. The van der Waals surface area contributed by atoms with Crippen molar-refractivity contribution in [1.29, 1.82) is 0 Å². The Labute approximate surface area is 131 Å². The highest BCUT2D eigenvalue weighted by molar-refractivity contribution is 7.80. The lowest BCUT2D eigenvalue weighted by molar-refractivity contribution is 0.273. The van der Waals surface area contributed by atoms with Crippen LogP contribution in [-0.4, -0.2) is 49.2 Å². The van der Waals surface area contributed by atoms with Gasteiger partial charge in [-0.15, -0.1) is 0 Å². The number of rotatable bonds is 3. The van der Waals surface area contributed by atoms with Crippen LogP contribution >= 0.6 is 12.2 Å². The molecule has 0 aliphatic carbocycles. The molecule has 0 amide bonds. The van der Waals surface area contributed by atoms with Crippen LogP contribution in [-0.2, 0) is 0 Å². The van der Waals surface area contributed by atoms with E-state index in [4.69, 9.17) is 22.7 Å². The van der Waals surface area contributed by atoms with Gasteiger partial charge in [-0.25, -0.2) is 0 Å². The Kier molecular flexibility index (Phi) is 4.31. The van der Waals surface area contributed by atoms with Gasteiger partial charge >= 0.3 is 0 Å². The van der Waals surface area contributed by atoms with E-state index in [1.807, 2.05) is 12.1 Å². The topological polar surface area (TPSA) is 41.7 Å². The zero-order valence-electron chi connectivity index (χ0n) is 12.5. The summed E-state index contributed by atoms with van der Waals surface area (Å²) < 4.78 is 5.38. The second kappa shape index (κ2) is 6.20. The maximum atomic E-state index is 5.91. The van der Waals surface area contributed by atoms with Crippen LogP contribution in [0.25, 0.3) is 0 Å². The molecular weight excluding hydrogens is 282 g/mol. The van der Waals surface area contributed by atoms with Crippen LogP contribution in [0.2, 0.25) is 0 Å². The third kappa shape index (κ3) is 2.99. The summed E-state index contributed by atoms with van der Waals surface area (Å²) in [5.74, 6) is 0.859. The molecular formula is C16H23N3OS. The molecule has 2 aliphatic rings. The number of ether oxygens (including phenoxy) is 1. The van der Waals surface area contributed by atoms with Gasteiger partial charge in [0.05, 0.1) is 12.8 Å². The molecule has 2 fully saturated rings. The van der Waals surface area contributed by atoms with E-state index in [0.29, 0.717) is 11.0 Å². The van der Waals surface area contributed by atoms with Gasteiger partial charge in [-0.1, -0.05) is 12.2 Å². The molecule has 2 saturated heterocycles. The molecule has 4 nitrogen and oxygen atoms in total. The number of fused-ring (bicyclic) bond motifs is 1. The van der Waals surface area contributed by atoms with Gasteiger partial charge in [0.25, 0.3) is 0 Å². The van der Waals surface area contributed by atoms with Crippen molar-refractivity contribution in [2.45, 2.75) is 25.3 Å². The Hall–Kier alpha value is -1.33. The second-order valence-corrected chi connectivity index (χ2v) is 6.32. The Morgan fingerprint density at radius 1 is 1.29 bits per heavy atom. The van der Waals surface area contributed by atoms with Gasteiger partial charge in [0.15, 0.2) is 0 Å². The van der Waals surface area contributed by atoms with Gasteiger partial charge in [-0.2, -0.15) is 0 Å². The number of hydrogen-bond donors (Lipinski definition) is 1. The number of nitrogens with two attached hydrogens (primary N) is 1. The van der Waals surface area contributed by atoms with Gasteiger partial charge in [-0.05, 0) is 37.9 Å². The van der Waals surface area contributed by atoms with Crippen LogP contribution in [0.5, 0.6) is 5.75 Å². The van der Waals surface area contributed by atoms with E-state index in [-0.39, 0.29) is 0 Å². The third-order valence-corrected chi connectivity index (χ3v) is 4.83. The van der Waals surface area contributed by atoms with Crippen molar-refractivity contribution in [2.75, 3.05) is 38.2 Å². The minimum absolute atomic E-state index is 0.458. The molecule has 0 spiro atoms. The number of anilines is 1. The first-order chi connectivity index (χ1) is 10.2. The van der Waals surface area contributed by atoms with Crippen LogP contribution in [0.3, 0.4) is 0 Å². The molecule has 1 atom stereocenters. The average molecular weight is 305 g/mol. The molecule has 5 heteroatoms. The summed E-state index contributed by atoms with van der Waals surface area (Å²) in [6.07, 6.45) is 3.80. The molecule has 0 aromatic heterocycles. The number of benzene rings is 1. The van der Waals surface area contributed by atoms with Crippen molar-refractivity contribution < 1.29 is 4.74 Å². The Morgan fingerprint density at radius 2 is 2.10 bits per heavy atom. The van der Waals surface area contributed by atoms with Gasteiger partial charge < -0.3 is 15.4 Å². The number of nitrogens with zero attached hydrogens (tertiary/aromatic N) is 2. The molecule has 2 aliphatic heterocycles. The lowest BCUT2D eigenvalue weighted by atomic mass is 10.1. The van der Waals surface area contributed by atoms with E-state index < -0.39 is 0 Å². The fourth-order valence-electron chi connectivity index (χ4n) is 3.53. The van der Waals surface area contributed by atoms with Gasteiger partial charge in [0.2, 0.25) is 0 Å². The molecule has 1 aromatic carbocycles. The normalized spacial score (nSPS) is 22.7. The summed E-state index contributed by atoms with van der Waals surface area (Å²) in [5.41, 5.74) is 7.99. The monoisotopic (exact) mass is 305 g/mol. The van der Waals surface area contributed by atoms with Crippen LogP contribution in [0.1, 0.15) is 24.8 Å². The SMILES string of the molecule is COc1ccc(C(N)=S)c(N2CCCN3CCCC3C2)c1. The van der Waals surface area contributed by atoms with Crippen molar-refractivity contribution >= 4 is 22.9 Å². The zero-order valence-corrected chi connectivity index (χ0v) is 13.4. The van der Waals surface area contributed by atoms with Crippen LogP contribution in [0.15, 0.2) is 18.2 Å². The van der Waals surface area contributed by atoms with Crippen molar-refractivity contribution in [3.8, 4) is 5.75 Å². The molecule has 0 bridgehead atoms. The lowest BCUT2D eigenvalue weighted by Crippen LogP contribution is -2.37. The molecule has 3 rings (SSSR count). The summed E-state index contributed by atoms with van der Waals surface area (Å²) in [5, 5.41) is 0. The first-order valence-electron chi connectivity index (χ1n) is 7.66. The molecule has 0 saturated carbocycles. The zero-order chi connectivity index (χ0) is 14.8. The standard InChI is InChI=1S/C16H23N3OS/c1-20-13-5-6-14(16(17)21)15(10-13)19-9-3-8-18-7-2-4-12(18)11-19/h5-6,10,12H,2-4,7-9,11H2,1H3,(H2,17,21). The predicted molar refractivity (Wildman–Crippen MR) is 90.3 cm³/mol. The first-order valence-corrected chi connectivity index (χ1v) is 8.06. The van der Waals surface area contributed by atoms with Crippen LogP contribution in [0.4, 0.5) is 5.69 Å². The molecule has 114 valence electrons. The van der Waals surface area contributed by atoms with Gasteiger partial charge in [0.1, 0.15) is 10.7 Å². The second-order valence-electron chi connectivity index (χ2n) is 5.88. The molecule has 1 aromatic rings. The Morgan fingerprint density at radius 3 is 2.86 bits per heavy atom. The minimum atomic E-state index is 0.458. The highest BCUT2D eigenvalue weighted by atomic mass is 32.1. The average Bonchev–Trinajstić information content (AvgIpc) is 2.83. The van der Waals surface area contributed by atoms with Gasteiger partial charge in [0, 0.05) is 37.3 Å². The highest BCUT2D eigenvalue weighted by Gasteiger charge is 2.29. The molecule has 1 unspecified atom stereocenters. The summed E-state index contributed by atoms with van der Waals surface area (Å²) >= 11 is 5.23. The largest absolute Gasteiger partial charge is 0.497 e. The number of thiocarbonyl (C=S) groups is 1. The number of hydrogen-bond acceptors (Lipinski definition) is 4. The summed E-state index contributed by atoms with van der Waals surface area (Å²) in [4.78, 5) is 5.52. The number of methoxy groups -OCH3 is 1. The first kappa shape index (κ1) is 14.6. The Bertz CT molecular complexity index is 534. The van der Waals surface area contributed by atoms with E-state index in [0.717, 1.165) is 30.1 Å². The van der Waals surface area contributed by atoms with Gasteiger partial charge in [-0.3, -0.25) is 4.90 Å². The van der Waals surface area contributed by atoms with Crippen molar-refractivity contribution in [3.05, 3.63) is 23.8 Å². The molecule has 2 heterocycles. The fourth-order valence-corrected chi connectivity index (χ4v) is 3.71. The summed E-state index contributed by atoms with van der Waals surface area (Å²) in [7, 11) is 1.70. The van der Waals surface area contributed by atoms with E-state index in [1.165, 1.54) is 32.4 Å². The predicted octanol–water partition coefficient (Wildman–Crippen LogP) is 2.00. The quantitative estimate of drug-likeness (QED) is 0.865. The van der Waals surface area contributed by atoms with Crippen LogP contribution < -0.4 is 15.4 Å². The summed E-state index contributed by atoms with van der Waals surface area (Å²) in [6, 6.07) is 6.64. The smallest absolute Gasteiger partial charge is 0.120 e. The minimum Gasteiger partial charge on any atom is -0.497 e. The maximum Gasteiger partial charge on any atom is 0.120 e. The lowest BCUT2D eigenvalue weighted by Gasteiger charge is -2.29. The van der Waals surface area contributed by atoms with Crippen molar-refractivity contribution in [2.24, 2.45) is 5.73 Å². The van der Waals surface area contributed by atoms with E-state index >= 15 is 0 Å². The summed E-state index contributed by atoms with van der Waals surface area (Å²) in [6.45, 7) is 4.56. The molecule has 21 heavy (non-hydrogen) atoms. The van der Waals surface area contributed by atoms with Crippen molar-refractivity contribution in [3.63, 3.8) is 0 Å². The van der Waals surface area contributed by atoms with Crippen LogP contribution in [0, 0.1) is 0 Å². The molecule has 0 radical (unpaired) electrons. The highest BCUT2D eigenvalue weighted by Crippen LogP contribution is 2.30. The maximum absolute atomic E-state index is 5.91. The fraction of sp³-hybridized carbons (Fsp3) is 0.562. The van der Waals surface area contributed by atoms with E-state index in [1.54, 1.807) is 7.11 Å². The van der Waals surface area contributed by atoms with E-state index in [2.05, 4.69) is 15.9 Å². The third-order valence-electron chi connectivity index (χ3n) is 4.61. The van der Waals surface area contributed by atoms with E-state index in [9.17, 15) is 0 Å². The Balaban J connectivity index is 1.92.